The first-order chi connectivity index (χ1) is 11.1. The van der Waals surface area contributed by atoms with Crippen molar-refractivity contribution in [1.29, 1.82) is 0 Å². The van der Waals surface area contributed by atoms with Gasteiger partial charge in [-0.15, -0.1) is 0 Å². The summed E-state index contributed by atoms with van der Waals surface area (Å²) in [6.07, 6.45) is 2.87. The number of halogens is 1. The number of likely N-dealkylation sites (tertiary alicyclic amines) is 1. The number of piperidine rings is 1. The lowest BCUT2D eigenvalue weighted by Gasteiger charge is -2.34. The van der Waals surface area contributed by atoms with Crippen LogP contribution in [0.15, 0.2) is 24.4 Å². The van der Waals surface area contributed by atoms with Crippen LogP contribution in [0.4, 0.5) is 0 Å². The predicted molar refractivity (Wildman–Crippen MR) is 92.0 cm³/mol. The number of methoxy groups -OCH3 is 1. The number of benzene rings is 1. The lowest BCUT2D eigenvalue weighted by atomic mass is 10.0. The third kappa shape index (κ3) is 3.58. The minimum atomic E-state index is -0.450. The number of nitrogens with zero attached hydrogens (tertiary/aromatic N) is 2. The van der Waals surface area contributed by atoms with E-state index in [1.807, 2.05) is 18.2 Å². The van der Waals surface area contributed by atoms with Crippen LogP contribution in [0.3, 0.4) is 0 Å². The second-order valence-electron chi connectivity index (χ2n) is 6.04. The van der Waals surface area contributed by atoms with Gasteiger partial charge in [-0.3, -0.25) is 4.98 Å². The maximum absolute atomic E-state index is 9.92. The van der Waals surface area contributed by atoms with Gasteiger partial charge < -0.3 is 20.5 Å². The number of nitrogens with two attached hydrogens (primary N) is 1. The van der Waals surface area contributed by atoms with E-state index in [0.29, 0.717) is 11.6 Å². The Morgan fingerprint density at radius 3 is 3.04 bits per heavy atom. The van der Waals surface area contributed by atoms with E-state index in [0.717, 1.165) is 48.1 Å². The monoisotopic (exact) mass is 335 g/mol. The first-order valence-electron chi connectivity index (χ1n) is 7.85. The number of hydrogen-bond acceptors (Lipinski definition) is 5. The van der Waals surface area contributed by atoms with Crippen LogP contribution in [0, 0.1) is 0 Å². The standard InChI is InChI=1S/C17H22ClN3O2/c1-23-11-2-3-16-13(8-11)12(14(18)9-20-16)4-6-21-7-5-15(19)17(22)10-21/h2-3,8-9,15,17,22H,4-7,10,19H2,1H3. The van der Waals surface area contributed by atoms with E-state index in [2.05, 4.69) is 9.88 Å². The van der Waals surface area contributed by atoms with E-state index in [1.54, 1.807) is 13.3 Å². The number of pyridine rings is 1. The molecule has 2 atom stereocenters. The maximum Gasteiger partial charge on any atom is 0.119 e. The second-order valence-corrected chi connectivity index (χ2v) is 6.45. The van der Waals surface area contributed by atoms with Crippen LogP contribution >= 0.6 is 11.6 Å². The molecule has 0 radical (unpaired) electrons. The first kappa shape index (κ1) is 16.5. The molecule has 1 aromatic carbocycles. The minimum Gasteiger partial charge on any atom is -0.497 e. The Bertz CT molecular complexity index is 695. The zero-order chi connectivity index (χ0) is 16.4. The average Bonchev–Trinajstić information content (AvgIpc) is 2.56. The molecule has 0 spiro atoms. The van der Waals surface area contributed by atoms with Gasteiger partial charge in [0.05, 0.1) is 23.8 Å². The molecule has 1 saturated heterocycles. The fraction of sp³-hybridized carbons (Fsp3) is 0.471. The van der Waals surface area contributed by atoms with Gasteiger partial charge in [-0.25, -0.2) is 0 Å². The molecule has 1 fully saturated rings. The van der Waals surface area contributed by atoms with Gasteiger partial charge in [0.25, 0.3) is 0 Å². The number of aliphatic hydroxyl groups excluding tert-OH is 1. The van der Waals surface area contributed by atoms with E-state index < -0.39 is 6.10 Å². The molecule has 3 rings (SSSR count). The Labute approximate surface area is 141 Å². The van der Waals surface area contributed by atoms with Gasteiger partial charge in [0.15, 0.2) is 0 Å². The van der Waals surface area contributed by atoms with Crippen LogP contribution in [0.5, 0.6) is 5.75 Å². The van der Waals surface area contributed by atoms with Gasteiger partial charge in [-0.05, 0) is 43.1 Å². The van der Waals surface area contributed by atoms with Crippen LogP contribution in [0.25, 0.3) is 10.9 Å². The van der Waals surface area contributed by atoms with Gasteiger partial charge in [0.1, 0.15) is 5.75 Å². The van der Waals surface area contributed by atoms with E-state index >= 15 is 0 Å². The molecule has 0 aliphatic carbocycles. The normalized spacial score (nSPS) is 22.4. The summed E-state index contributed by atoms with van der Waals surface area (Å²) < 4.78 is 5.31. The van der Waals surface area contributed by atoms with Crippen molar-refractivity contribution < 1.29 is 9.84 Å². The lowest BCUT2D eigenvalue weighted by molar-refractivity contribution is 0.0542. The number of hydrogen-bond donors (Lipinski definition) is 2. The van der Waals surface area contributed by atoms with Crippen molar-refractivity contribution in [2.75, 3.05) is 26.7 Å². The molecule has 5 nitrogen and oxygen atoms in total. The number of aromatic nitrogens is 1. The smallest absolute Gasteiger partial charge is 0.119 e. The molecular weight excluding hydrogens is 314 g/mol. The summed E-state index contributed by atoms with van der Waals surface area (Å²) in [5.41, 5.74) is 7.84. The topological polar surface area (TPSA) is 71.6 Å². The first-order valence-corrected chi connectivity index (χ1v) is 8.23. The van der Waals surface area contributed by atoms with Crippen molar-refractivity contribution in [3.63, 3.8) is 0 Å². The third-order valence-electron chi connectivity index (χ3n) is 4.53. The summed E-state index contributed by atoms with van der Waals surface area (Å²) in [5.74, 6) is 0.794. The Balaban J connectivity index is 1.80. The quantitative estimate of drug-likeness (QED) is 0.892. The molecule has 6 heteroatoms. The zero-order valence-electron chi connectivity index (χ0n) is 13.2. The van der Waals surface area contributed by atoms with E-state index in [4.69, 9.17) is 22.1 Å². The van der Waals surface area contributed by atoms with Crippen LogP contribution < -0.4 is 10.5 Å². The molecular formula is C17H22ClN3O2. The minimum absolute atomic E-state index is 0.110. The number of β-amino-alcohol motifs (C(OH)–C–C–N with tert-alkyl or cyclic N) is 1. The van der Waals surface area contributed by atoms with Crippen LogP contribution in [0.1, 0.15) is 12.0 Å². The van der Waals surface area contributed by atoms with Crippen molar-refractivity contribution in [1.82, 2.24) is 9.88 Å². The number of ether oxygens (including phenoxy) is 1. The molecule has 1 aliphatic rings. The number of aliphatic hydroxyl groups is 1. The molecule has 2 unspecified atom stereocenters. The predicted octanol–water partition coefficient (Wildman–Crippen LogP) is 1.83. The Morgan fingerprint density at radius 1 is 1.48 bits per heavy atom. The maximum atomic E-state index is 9.92. The van der Waals surface area contributed by atoms with Gasteiger partial charge in [0, 0.05) is 30.7 Å². The van der Waals surface area contributed by atoms with Crippen LogP contribution in [0.2, 0.25) is 5.02 Å². The second kappa shape index (κ2) is 7.01. The molecule has 0 bridgehead atoms. The molecule has 0 saturated carbocycles. The fourth-order valence-corrected chi connectivity index (χ4v) is 3.32. The molecule has 0 amide bonds. The molecule has 23 heavy (non-hydrogen) atoms. The lowest BCUT2D eigenvalue weighted by Crippen LogP contribution is -2.50. The molecule has 1 aromatic heterocycles. The Kier molecular flexibility index (Phi) is 5.02. The highest BCUT2D eigenvalue weighted by atomic mass is 35.5. The molecule has 2 aromatic rings. The largest absolute Gasteiger partial charge is 0.497 e. The number of fused-ring (bicyclic) bond motifs is 1. The van der Waals surface area contributed by atoms with Gasteiger partial charge in [-0.1, -0.05) is 11.6 Å². The van der Waals surface area contributed by atoms with E-state index in [1.165, 1.54) is 0 Å². The molecule has 124 valence electrons. The van der Waals surface area contributed by atoms with Gasteiger partial charge >= 0.3 is 0 Å². The number of rotatable bonds is 4. The summed E-state index contributed by atoms with van der Waals surface area (Å²) in [6.45, 7) is 2.35. The summed E-state index contributed by atoms with van der Waals surface area (Å²) >= 11 is 6.38. The highest BCUT2D eigenvalue weighted by Crippen LogP contribution is 2.28. The average molecular weight is 336 g/mol. The van der Waals surface area contributed by atoms with Crippen molar-refractivity contribution in [2.45, 2.75) is 25.0 Å². The summed E-state index contributed by atoms with van der Waals surface area (Å²) in [7, 11) is 1.65. The van der Waals surface area contributed by atoms with Crippen LogP contribution in [-0.2, 0) is 6.42 Å². The van der Waals surface area contributed by atoms with E-state index in [-0.39, 0.29) is 6.04 Å². The third-order valence-corrected chi connectivity index (χ3v) is 4.86. The van der Waals surface area contributed by atoms with Crippen molar-refractivity contribution in [2.24, 2.45) is 5.73 Å². The fourth-order valence-electron chi connectivity index (χ4n) is 3.07. The molecule has 2 heterocycles. The summed E-state index contributed by atoms with van der Waals surface area (Å²) in [4.78, 5) is 6.61. The van der Waals surface area contributed by atoms with Crippen molar-refractivity contribution in [3.8, 4) is 5.75 Å². The summed E-state index contributed by atoms with van der Waals surface area (Å²) in [6, 6.07) is 5.71. The highest BCUT2D eigenvalue weighted by Gasteiger charge is 2.24. The van der Waals surface area contributed by atoms with Crippen molar-refractivity contribution in [3.05, 3.63) is 35.0 Å². The Hall–Kier alpha value is -1.40. The molecule has 1 aliphatic heterocycles. The van der Waals surface area contributed by atoms with Gasteiger partial charge in [0.2, 0.25) is 0 Å². The van der Waals surface area contributed by atoms with Crippen LogP contribution in [-0.4, -0.2) is 53.9 Å². The highest BCUT2D eigenvalue weighted by molar-refractivity contribution is 6.32. The van der Waals surface area contributed by atoms with Gasteiger partial charge in [-0.2, -0.15) is 0 Å². The molecule has 3 N–H and O–H groups in total. The zero-order valence-corrected chi connectivity index (χ0v) is 14.0. The SMILES string of the molecule is COc1ccc2ncc(Cl)c(CCN3CCC(N)C(O)C3)c2c1. The van der Waals surface area contributed by atoms with E-state index in [9.17, 15) is 5.11 Å². The van der Waals surface area contributed by atoms with Crippen molar-refractivity contribution >= 4 is 22.5 Å². The summed E-state index contributed by atoms with van der Waals surface area (Å²) in [5, 5.41) is 11.6. The Morgan fingerprint density at radius 2 is 2.30 bits per heavy atom.